The van der Waals surface area contributed by atoms with Crippen LogP contribution in [0.25, 0.3) is 21.9 Å². The molecule has 6 heteroatoms. The lowest BCUT2D eigenvalue weighted by molar-refractivity contribution is 0.459. The molecule has 1 heterocycles. The van der Waals surface area contributed by atoms with E-state index in [0.717, 1.165) is 14.8 Å². The largest absolute Gasteiger partial charge is 0.507 e. The molecule has 0 fully saturated rings. The van der Waals surface area contributed by atoms with Gasteiger partial charge in [-0.15, -0.1) is 0 Å². The standard InChI is InChI=1S/C29H20B3BrOS/c30-15-9-22-27(24(32)11-15)35-28-23(10-16(31)12-25(28)34)29(22)20-8-6-17(33)13-19(20)26-18-4-2-1-3-14(18)5-7-21(26)29/h1-13,34H,30-32H2. The topological polar surface area (TPSA) is 20.2 Å². The Morgan fingerprint density at radius 2 is 1.43 bits per heavy atom. The molecule has 0 saturated carbocycles. The van der Waals surface area contributed by atoms with Crippen molar-refractivity contribution in [3.63, 3.8) is 0 Å². The number of benzene rings is 5. The van der Waals surface area contributed by atoms with Crippen molar-refractivity contribution in [1.82, 2.24) is 0 Å². The van der Waals surface area contributed by atoms with Gasteiger partial charge in [0.05, 0.1) is 10.3 Å². The number of phenols is 1. The maximum absolute atomic E-state index is 11.2. The molecule has 2 aliphatic rings. The maximum atomic E-state index is 11.2. The number of rotatable bonds is 0. The highest BCUT2D eigenvalue weighted by Gasteiger charge is 2.51. The SMILES string of the molecule is Bc1cc(B)c2c(c1)C1(c3ccc(Br)cc3-c3c1ccc1ccccc31)c1cc(B)cc(O)c1S2. The molecule has 35 heavy (non-hydrogen) atoms. The molecular weight excluding hydrogens is 509 g/mol. The first-order valence-electron chi connectivity index (χ1n) is 11.9. The molecule has 1 spiro atoms. The number of hydrogen-bond donors (Lipinski definition) is 1. The average molecular weight is 529 g/mol. The van der Waals surface area contributed by atoms with Crippen LogP contribution >= 0.6 is 27.7 Å². The Bertz CT molecular complexity index is 1690. The molecule has 0 aromatic heterocycles. The van der Waals surface area contributed by atoms with Crippen molar-refractivity contribution >= 4 is 78.4 Å². The molecule has 1 atom stereocenters. The van der Waals surface area contributed by atoms with Crippen molar-refractivity contribution in [2.45, 2.75) is 15.2 Å². The van der Waals surface area contributed by atoms with Gasteiger partial charge in [0.15, 0.2) is 0 Å². The fourth-order valence-electron chi connectivity index (χ4n) is 6.41. The monoisotopic (exact) mass is 528 g/mol. The summed E-state index contributed by atoms with van der Waals surface area (Å²) < 4.78 is 1.07. The van der Waals surface area contributed by atoms with Crippen molar-refractivity contribution in [1.29, 1.82) is 0 Å². The number of hydrogen-bond acceptors (Lipinski definition) is 2. The van der Waals surface area contributed by atoms with Crippen molar-refractivity contribution in [2.75, 3.05) is 0 Å². The zero-order valence-electron chi connectivity index (χ0n) is 19.7. The lowest BCUT2D eigenvalue weighted by atomic mass is 9.64. The van der Waals surface area contributed by atoms with E-state index in [9.17, 15) is 5.11 Å². The second kappa shape index (κ2) is 7.35. The Balaban J connectivity index is 1.77. The van der Waals surface area contributed by atoms with Gasteiger partial charge in [0.25, 0.3) is 0 Å². The van der Waals surface area contributed by atoms with Crippen LogP contribution in [0.15, 0.2) is 93.1 Å². The summed E-state index contributed by atoms with van der Waals surface area (Å²) in [4.78, 5) is 2.21. The molecule has 1 nitrogen and oxygen atoms in total. The van der Waals surface area contributed by atoms with Crippen LogP contribution in [0, 0.1) is 0 Å². The van der Waals surface area contributed by atoms with Crippen LogP contribution in [0.1, 0.15) is 22.3 Å². The van der Waals surface area contributed by atoms with E-state index in [1.54, 1.807) is 11.8 Å². The molecule has 5 aromatic rings. The highest BCUT2D eigenvalue weighted by Crippen LogP contribution is 2.63. The summed E-state index contributed by atoms with van der Waals surface area (Å²) in [5, 5.41) is 13.7. The summed E-state index contributed by atoms with van der Waals surface area (Å²) in [6.45, 7) is 0. The number of aromatic hydroxyl groups is 1. The van der Waals surface area contributed by atoms with Gasteiger partial charge in [-0.25, -0.2) is 0 Å². The minimum atomic E-state index is -0.494. The molecule has 1 aliphatic heterocycles. The van der Waals surface area contributed by atoms with Crippen LogP contribution in [0.2, 0.25) is 0 Å². The lowest BCUT2D eigenvalue weighted by Gasteiger charge is -2.41. The van der Waals surface area contributed by atoms with Gasteiger partial charge in [0.1, 0.15) is 29.3 Å². The predicted molar refractivity (Wildman–Crippen MR) is 159 cm³/mol. The minimum absolute atomic E-state index is 0.364. The molecule has 164 valence electrons. The van der Waals surface area contributed by atoms with Gasteiger partial charge in [0.2, 0.25) is 0 Å². The van der Waals surface area contributed by atoms with E-state index >= 15 is 0 Å². The van der Waals surface area contributed by atoms with Gasteiger partial charge in [-0.1, -0.05) is 105 Å². The van der Waals surface area contributed by atoms with Crippen LogP contribution in [-0.2, 0) is 5.41 Å². The Kier molecular flexibility index (Phi) is 4.51. The van der Waals surface area contributed by atoms with Gasteiger partial charge in [-0.05, 0) is 62.4 Å². The quantitative estimate of drug-likeness (QED) is 0.306. The molecule has 1 aliphatic carbocycles. The highest BCUT2D eigenvalue weighted by molar-refractivity contribution is 9.10. The summed E-state index contributed by atoms with van der Waals surface area (Å²) in [7, 11) is 6.46. The van der Waals surface area contributed by atoms with Crippen LogP contribution in [0.3, 0.4) is 0 Å². The summed E-state index contributed by atoms with van der Waals surface area (Å²) in [5.41, 5.74) is 10.7. The second-order valence-corrected chi connectivity index (χ2v) is 11.8. The van der Waals surface area contributed by atoms with E-state index in [-0.39, 0.29) is 0 Å². The lowest BCUT2D eigenvalue weighted by Crippen LogP contribution is -2.36. The maximum Gasteiger partial charge on any atom is 0.140 e. The third-order valence-corrected chi connectivity index (χ3v) is 9.51. The van der Waals surface area contributed by atoms with Crippen LogP contribution in [-0.4, -0.2) is 28.6 Å². The fourth-order valence-corrected chi connectivity index (χ4v) is 8.00. The Labute approximate surface area is 220 Å². The van der Waals surface area contributed by atoms with E-state index in [0.29, 0.717) is 5.75 Å². The molecule has 1 unspecified atom stereocenters. The molecule has 0 radical (unpaired) electrons. The van der Waals surface area contributed by atoms with E-state index < -0.39 is 5.41 Å². The fraction of sp³-hybridized carbons (Fsp3) is 0.0345. The van der Waals surface area contributed by atoms with E-state index in [1.807, 2.05) is 6.07 Å². The highest BCUT2D eigenvalue weighted by atomic mass is 79.9. The van der Waals surface area contributed by atoms with Crippen LogP contribution < -0.4 is 16.4 Å². The van der Waals surface area contributed by atoms with Crippen molar-refractivity contribution in [3.05, 3.63) is 106 Å². The summed E-state index contributed by atoms with van der Waals surface area (Å²) in [6, 6.07) is 28.8. The van der Waals surface area contributed by atoms with E-state index in [2.05, 4.69) is 112 Å². The molecule has 0 saturated heterocycles. The molecule has 5 aromatic carbocycles. The number of halogens is 1. The average Bonchev–Trinajstić information content (AvgIpc) is 3.11. The van der Waals surface area contributed by atoms with Crippen LogP contribution in [0.5, 0.6) is 5.75 Å². The molecule has 0 bridgehead atoms. The molecule has 0 amide bonds. The van der Waals surface area contributed by atoms with Crippen molar-refractivity contribution < 1.29 is 5.11 Å². The van der Waals surface area contributed by atoms with Crippen molar-refractivity contribution in [3.8, 4) is 16.9 Å². The van der Waals surface area contributed by atoms with Gasteiger partial charge in [0, 0.05) is 9.37 Å². The van der Waals surface area contributed by atoms with Gasteiger partial charge in [-0.3, -0.25) is 0 Å². The Morgan fingerprint density at radius 1 is 0.714 bits per heavy atom. The number of phenolic OH excluding ortho intramolecular Hbond substituents is 1. The third kappa shape index (κ3) is 2.76. The predicted octanol–water partition coefficient (Wildman–Crippen LogP) is 2.91. The van der Waals surface area contributed by atoms with E-state index in [1.165, 1.54) is 60.0 Å². The smallest absolute Gasteiger partial charge is 0.140 e. The zero-order valence-corrected chi connectivity index (χ0v) is 22.1. The second-order valence-electron chi connectivity index (χ2n) is 9.87. The molecular formula is C29H20B3BrOS. The third-order valence-electron chi connectivity index (χ3n) is 7.63. The van der Waals surface area contributed by atoms with Crippen molar-refractivity contribution in [2.24, 2.45) is 0 Å². The summed E-state index contributed by atoms with van der Waals surface area (Å²) in [5.74, 6) is 0.364. The Hall–Kier alpha value is -2.82. The summed E-state index contributed by atoms with van der Waals surface area (Å²) >= 11 is 5.47. The first kappa shape index (κ1) is 21.5. The zero-order chi connectivity index (χ0) is 24.1. The first-order valence-corrected chi connectivity index (χ1v) is 13.5. The van der Waals surface area contributed by atoms with Gasteiger partial charge >= 0.3 is 0 Å². The minimum Gasteiger partial charge on any atom is -0.507 e. The normalized spacial score (nSPS) is 17.2. The van der Waals surface area contributed by atoms with Gasteiger partial charge < -0.3 is 5.11 Å². The van der Waals surface area contributed by atoms with Gasteiger partial charge in [-0.2, -0.15) is 0 Å². The molecule has 7 rings (SSSR count). The number of fused-ring (bicyclic) bond motifs is 11. The molecule has 1 N–H and O–H groups in total. The Morgan fingerprint density at radius 3 is 2.26 bits per heavy atom. The first-order chi connectivity index (χ1) is 16.9. The van der Waals surface area contributed by atoms with E-state index in [4.69, 9.17) is 0 Å². The summed E-state index contributed by atoms with van der Waals surface area (Å²) in [6.07, 6.45) is 0. The van der Waals surface area contributed by atoms with Crippen LogP contribution in [0.4, 0.5) is 0 Å².